The van der Waals surface area contributed by atoms with E-state index in [0.29, 0.717) is 0 Å². The molecule has 26 heavy (non-hydrogen) atoms. The van der Waals surface area contributed by atoms with Crippen molar-refractivity contribution in [2.75, 3.05) is 0 Å². The van der Waals surface area contributed by atoms with Crippen molar-refractivity contribution in [1.82, 2.24) is 5.32 Å². The summed E-state index contributed by atoms with van der Waals surface area (Å²) in [5.74, 6) is -0.192. The Morgan fingerprint density at radius 3 is 1.65 bits per heavy atom. The van der Waals surface area contributed by atoms with Crippen LogP contribution in [0.15, 0.2) is 78.9 Å². The molecule has 0 spiro atoms. The number of aryl methyl sites for hydroxylation is 2. The first-order valence-electron chi connectivity index (χ1n) is 8.78. The molecule has 3 aromatic carbocycles. The van der Waals surface area contributed by atoms with E-state index in [1.807, 2.05) is 54.6 Å². The first kappa shape index (κ1) is 17.9. The van der Waals surface area contributed by atoms with Crippen molar-refractivity contribution in [3.63, 3.8) is 0 Å². The van der Waals surface area contributed by atoms with Crippen molar-refractivity contribution in [3.8, 4) is 0 Å². The van der Waals surface area contributed by atoms with E-state index in [0.717, 1.165) is 16.7 Å². The second-order valence-electron chi connectivity index (χ2n) is 6.65. The van der Waals surface area contributed by atoms with Crippen LogP contribution in [0.5, 0.6) is 0 Å². The van der Waals surface area contributed by atoms with Crippen LogP contribution in [0, 0.1) is 13.8 Å². The molecule has 3 rings (SSSR count). The van der Waals surface area contributed by atoms with Crippen LogP contribution in [0.3, 0.4) is 0 Å². The summed E-state index contributed by atoms with van der Waals surface area (Å²) in [6.07, 6.45) is 0. The third-order valence-corrected chi connectivity index (χ3v) is 4.55. The van der Waals surface area contributed by atoms with Gasteiger partial charge in [0.25, 0.3) is 0 Å². The third kappa shape index (κ3) is 4.19. The zero-order chi connectivity index (χ0) is 18.5. The smallest absolute Gasteiger partial charge is 0.242 e. The maximum atomic E-state index is 12.8. The van der Waals surface area contributed by atoms with E-state index < -0.39 is 6.04 Å². The molecular weight excluding hydrogens is 320 g/mol. The molecule has 0 saturated heterocycles. The van der Waals surface area contributed by atoms with Crippen molar-refractivity contribution in [2.45, 2.75) is 25.9 Å². The summed E-state index contributed by atoms with van der Waals surface area (Å²) in [6, 6.07) is 24.9. The maximum Gasteiger partial charge on any atom is 0.242 e. The van der Waals surface area contributed by atoms with Crippen molar-refractivity contribution in [3.05, 3.63) is 107 Å². The fourth-order valence-corrected chi connectivity index (χ4v) is 2.92. The summed E-state index contributed by atoms with van der Waals surface area (Å²) in [5, 5.41) is 3.12. The lowest BCUT2D eigenvalue weighted by Gasteiger charge is -2.22. The SMILES string of the molecule is Cc1ccc(C(NC(=O)[C@@H](N)c2ccccc2)c2ccc(C)cc2)cc1. The molecule has 0 radical (unpaired) electrons. The Balaban J connectivity index is 1.89. The summed E-state index contributed by atoms with van der Waals surface area (Å²) in [6.45, 7) is 4.10. The summed E-state index contributed by atoms with van der Waals surface area (Å²) in [7, 11) is 0. The van der Waals surface area contributed by atoms with Crippen molar-refractivity contribution in [2.24, 2.45) is 5.73 Å². The minimum atomic E-state index is -0.699. The van der Waals surface area contributed by atoms with Crippen molar-refractivity contribution >= 4 is 5.91 Å². The van der Waals surface area contributed by atoms with Gasteiger partial charge in [0.15, 0.2) is 0 Å². The molecule has 1 amide bonds. The molecule has 3 heteroatoms. The highest BCUT2D eigenvalue weighted by molar-refractivity contribution is 5.83. The van der Waals surface area contributed by atoms with Crippen LogP contribution in [0.1, 0.15) is 39.9 Å². The lowest BCUT2D eigenvalue weighted by Crippen LogP contribution is -2.37. The molecule has 0 aliphatic rings. The number of carbonyl (C=O) groups excluding carboxylic acids is 1. The van der Waals surface area contributed by atoms with Gasteiger partial charge in [-0.3, -0.25) is 4.79 Å². The van der Waals surface area contributed by atoms with Crippen LogP contribution in [0.25, 0.3) is 0 Å². The number of benzene rings is 3. The molecule has 0 aliphatic carbocycles. The van der Waals surface area contributed by atoms with Crippen LogP contribution in [-0.2, 0) is 4.79 Å². The number of rotatable bonds is 5. The number of nitrogens with two attached hydrogens (primary N) is 1. The first-order chi connectivity index (χ1) is 12.5. The lowest BCUT2D eigenvalue weighted by molar-refractivity contribution is -0.123. The van der Waals surface area contributed by atoms with Gasteiger partial charge in [0.1, 0.15) is 6.04 Å². The van der Waals surface area contributed by atoms with Gasteiger partial charge < -0.3 is 11.1 Å². The molecule has 0 aromatic heterocycles. The molecule has 0 heterocycles. The summed E-state index contributed by atoms with van der Waals surface area (Å²) >= 11 is 0. The van der Waals surface area contributed by atoms with Gasteiger partial charge in [-0.25, -0.2) is 0 Å². The molecule has 132 valence electrons. The first-order valence-corrected chi connectivity index (χ1v) is 8.78. The Bertz CT molecular complexity index is 809. The maximum absolute atomic E-state index is 12.8. The minimum absolute atomic E-state index is 0.192. The lowest BCUT2D eigenvalue weighted by atomic mass is 9.96. The molecular formula is C23H24N2O. The van der Waals surface area contributed by atoms with Crippen LogP contribution in [0.2, 0.25) is 0 Å². The largest absolute Gasteiger partial charge is 0.344 e. The quantitative estimate of drug-likeness (QED) is 0.728. The summed E-state index contributed by atoms with van der Waals surface area (Å²) < 4.78 is 0. The van der Waals surface area contributed by atoms with Gasteiger partial charge in [0, 0.05) is 0 Å². The molecule has 3 aromatic rings. The average Bonchev–Trinajstić information content (AvgIpc) is 2.67. The topological polar surface area (TPSA) is 55.1 Å². The van der Waals surface area contributed by atoms with Crippen molar-refractivity contribution < 1.29 is 4.79 Å². The van der Waals surface area contributed by atoms with E-state index in [4.69, 9.17) is 5.73 Å². The average molecular weight is 344 g/mol. The van der Waals surface area contributed by atoms with E-state index in [1.54, 1.807) is 0 Å². The fourth-order valence-electron chi connectivity index (χ4n) is 2.92. The van der Waals surface area contributed by atoms with Crippen LogP contribution in [-0.4, -0.2) is 5.91 Å². The molecule has 3 nitrogen and oxygen atoms in total. The molecule has 0 bridgehead atoms. The zero-order valence-corrected chi connectivity index (χ0v) is 15.1. The Hall–Kier alpha value is -2.91. The highest BCUT2D eigenvalue weighted by Crippen LogP contribution is 2.24. The fraction of sp³-hybridized carbons (Fsp3) is 0.174. The van der Waals surface area contributed by atoms with Gasteiger partial charge >= 0.3 is 0 Å². The highest BCUT2D eigenvalue weighted by atomic mass is 16.2. The predicted octanol–water partition coefficient (Wildman–Crippen LogP) is 4.21. The Morgan fingerprint density at radius 2 is 1.19 bits per heavy atom. The normalized spacial score (nSPS) is 12.0. The predicted molar refractivity (Wildman–Crippen MR) is 106 cm³/mol. The van der Waals surface area contributed by atoms with E-state index in [1.165, 1.54) is 11.1 Å². The van der Waals surface area contributed by atoms with Crippen LogP contribution >= 0.6 is 0 Å². The molecule has 0 aliphatic heterocycles. The monoisotopic (exact) mass is 344 g/mol. The summed E-state index contributed by atoms with van der Waals surface area (Å²) in [5.41, 5.74) is 11.4. The second kappa shape index (κ2) is 7.98. The van der Waals surface area contributed by atoms with E-state index in [-0.39, 0.29) is 11.9 Å². The van der Waals surface area contributed by atoms with Gasteiger partial charge in [0.2, 0.25) is 5.91 Å². The van der Waals surface area contributed by atoms with Gasteiger partial charge in [-0.2, -0.15) is 0 Å². The molecule has 0 fully saturated rings. The van der Waals surface area contributed by atoms with Crippen molar-refractivity contribution in [1.29, 1.82) is 0 Å². The molecule has 0 saturated carbocycles. The van der Waals surface area contributed by atoms with Gasteiger partial charge in [0.05, 0.1) is 6.04 Å². The number of hydrogen-bond donors (Lipinski definition) is 2. The number of amides is 1. The Labute approximate surface area is 154 Å². The standard InChI is InChI=1S/C23H24N2O/c1-16-8-12-19(13-9-16)22(20-14-10-17(2)11-15-20)25-23(26)21(24)18-6-4-3-5-7-18/h3-15,21-22H,24H2,1-2H3,(H,25,26)/t21-/m0/s1. The van der Waals surface area contributed by atoms with Gasteiger partial charge in [-0.1, -0.05) is 90.0 Å². The number of nitrogens with one attached hydrogen (secondary N) is 1. The van der Waals surface area contributed by atoms with Gasteiger partial charge in [-0.15, -0.1) is 0 Å². The summed E-state index contributed by atoms with van der Waals surface area (Å²) in [4.78, 5) is 12.8. The second-order valence-corrected chi connectivity index (χ2v) is 6.65. The molecule has 3 N–H and O–H groups in total. The van der Waals surface area contributed by atoms with E-state index in [2.05, 4.69) is 43.4 Å². The number of hydrogen-bond acceptors (Lipinski definition) is 2. The Morgan fingerprint density at radius 1 is 0.731 bits per heavy atom. The van der Waals surface area contributed by atoms with E-state index >= 15 is 0 Å². The highest BCUT2D eigenvalue weighted by Gasteiger charge is 2.22. The molecule has 1 atom stereocenters. The van der Waals surface area contributed by atoms with Gasteiger partial charge in [-0.05, 0) is 30.5 Å². The van der Waals surface area contributed by atoms with E-state index in [9.17, 15) is 4.79 Å². The van der Waals surface area contributed by atoms with Crippen LogP contribution in [0.4, 0.5) is 0 Å². The Kier molecular flexibility index (Phi) is 5.49. The minimum Gasteiger partial charge on any atom is -0.344 e. The zero-order valence-electron chi connectivity index (χ0n) is 15.1. The van der Waals surface area contributed by atoms with Crippen LogP contribution < -0.4 is 11.1 Å². The number of carbonyl (C=O) groups is 1. The molecule has 0 unspecified atom stereocenters. The third-order valence-electron chi connectivity index (χ3n) is 4.55.